The predicted octanol–water partition coefficient (Wildman–Crippen LogP) is 2.97. The minimum atomic E-state index is -0.646. The summed E-state index contributed by atoms with van der Waals surface area (Å²) in [7, 11) is 1.93. The van der Waals surface area contributed by atoms with Gasteiger partial charge >= 0.3 is 0 Å². The number of ketones is 1. The molecule has 1 fully saturated rings. The number of pyridine rings is 1. The minimum Gasteiger partial charge on any atom is -0.391 e. The van der Waals surface area contributed by atoms with Crippen molar-refractivity contribution in [1.29, 1.82) is 0 Å². The van der Waals surface area contributed by atoms with Crippen LogP contribution in [0.2, 0.25) is 0 Å². The predicted molar refractivity (Wildman–Crippen MR) is 128 cm³/mol. The fraction of sp³-hybridized carbons (Fsp3) is 0.423. The third-order valence-corrected chi connectivity index (χ3v) is 6.85. The molecule has 3 aromatic rings. The van der Waals surface area contributed by atoms with Gasteiger partial charge in [-0.25, -0.2) is 0 Å². The Hall–Kier alpha value is -3.39. The van der Waals surface area contributed by atoms with Gasteiger partial charge in [-0.05, 0) is 49.4 Å². The number of Topliss-reactive ketones (excluding diaryl/α,β-unsaturated/α-hetero) is 1. The summed E-state index contributed by atoms with van der Waals surface area (Å²) in [5.41, 5.74) is 2.05. The second-order valence-corrected chi connectivity index (χ2v) is 9.65. The molecule has 178 valence electrons. The lowest BCUT2D eigenvalue weighted by molar-refractivity contribution is 0.0394. The van der Waals surface area contributed by atoms with E-state index in [2.05, 4.69) is 28.2 Å². The van der Waals surface area contributed by atoms with E-state index in [1.165, 1.54) is 6.20 Å². The van der Waals surface area contributed by atoms with Gasteiger partial charge in [-0.2, -0.15) is 0 Å². The van der Waals surface area contributed by atoms with E-state index in [0.29, 0.717) is 18.5 Å². The van der Waals surface area contributed by atoms with E-state index in [1.807, 2.05) is 43.7 Å². The van der Waals surface area contributed by atoms with Crippen molar-refractivity contribution in [1.82, 2.24) is 24.6 Å². The van der Waals surface area contributed by atoms with Crippen LogP contribution in [-0.2, 0) is 19.9 Å². The summed E-state index contributed by atoms with van der Waals surface area (Å²) in [6.45, 7) is 6.32. The Labute approximate surface area is 199 Å². The second kappa shape index (κ2) is 9.46. The number of carbonyl (C=O) groups excluding carboxylic acids is 2. The molecule has 8 heteroatoms. The normalized spacial score (nSPS) is 18.1. The highest BCUT2D eigenvalue weighted by molar-refractivity contribution is 6.00. The molecule has 0 saturated carbocycles. The van der Waals surface area contributed by atoms with Gasteiger partial charge in [-0.15, -0.1) is 10.2 Å². The molecule has 1 saturated heterocycles. The van der Waals surface area contributed by atoms with E-state index in [-0.39, 0.29) is 29.7 Å². The highest BCUT2D eigenvalue weighted by Gasteiger charge is 2.43. The summed E-state index contributed by atoms with van der Waals surface area (Å²) >= 11 is 0. The first-order chi connectivity index (χ1) is 16.2. The van der Waals surface area contributed by atoms with Gasteiger partial charge in [0.1, 0.15) is 17.8 Å². The molecule has 1 N–H and O–H groups in total. The van der Waals surface area contributed by atoms with Crippen LogP contribution in [0, 0.1) is 0 Å². The van der Waals surface area contributed by atoms with E-state index in [1.54, 1.807) is 23.4 Å². The molecule has 3 heterocycles. The van der Waals surface area contributed by atoms with Crippen molar-refractivity contribution in [2.45, 2.75) is 57.6 Å². The van der Waals surface area contributed by atoms with Crippen LogP contribution in [0.1, 0.15) is 70.9 Å². The lowest BCUT2D eigenvalue weighted by atomic mass is 9.94. The zero-order valence-electron chi connectivity index (χ0n) is 20.1. The Morgan fingerprint density at radius 1 is 1.24 bits per heavy atom. The van der Waals surface area contributed by atoms with Gasteiger partial charge in [0.15, 0.2) is 5.78 Å². The van der Waals surface area contributed by atoms with E-state index >= 15 is 0 Å². The van der Waals surface area contributed by atoms with Crippen LogP contribution in [0.5, 0.6) is 0 Å². The number of hydrogen-bond donors (Lipinski definition) is 1. The summed E-state index contributed by atoms with van der Waals surface area (Å²) < 4.78 is 1.91. The van der Waals surface area contributed by atoms with Crippen molar-refractivity contribution in [2.75, 3.05) is 6.54 Å². The molecule has 4 rings (SSSR count). The quantitative estimate of drug-likeness (QED) is 0.543. The fourth-order valence-corrected chi connectivity index (χ4v) is 4.48. The maximum Gasteiger partial charge on any atom is 0.254 e. The number of carbonyl (C=O) groups is 2. The number of rotatable bonds is 7. The van der Waals surface area contributed by atoms with Crippen molar-refractivity contribution in [3.05, 3.63) is 77.1 Å². The smallest absolute Gasteiger partial charge is 0.254 e. The van der Waals surface area contributed by atoms with Crippen LogP contribution >= 0.6 is 0 Å². The summed E-state index contributed by atoms with van der Waals surface area (Å²) in [6.07, 6.45) is 4.11. The SMILES string of the molecule is C[C@H](Cc1nncn1C)c1cccc(CC(=O)c2cc(C(=O)N3CCC(O)C3(C)C)ccn2)c1. The Kier molecular flexibility index (Phi) is 6.61. The topological polar surface area (TPSA) is 101 Å². The third kappa shape index (κ3) is 4.77. The second-order valence-electron chi connectivity index (χ2n) is 9.65. The summed E-state index contributed by atoms with van der Waals surface area (Å²) in [5.74, 6) is 0.788. The highest BCUT2D eigenvalue weighted by atomic mass is 16.3. The van der Waals surface area contributed by atoms with Crippen LogP contribution in [0.3, 0.4) is 0 Å². The molecule has 1 amide bonds. The van der Waals surface area contributed by atoms with E-state index < -0.39 is 11.6 Å². The van der Waals surface area contributed by atoms with Gasteiger partial charge < -0.3 is 14.6 Å². The van der Waals surface area contributed by atoms with Crippen LogP contribution in [-0.4, -0.2) is 59.6 Å². The molecule has 0 radical (unpaired) electrons. The number of likely N-dealkylation sites (tertiary alicyclic amines) is 1. The highest BCUT2D eigenvalue weighted by Crippen LogP contribution is 2.30. The number of benzene rings is 1. The maximum atomic E-state index is 13.1. The molecule has 2 aromatic heterocycles. The average molecular weight is 462 g/mol. The van der Waals surface area contributed by atoms with Crippen molar-refractivity contribution >= 4 is 11.7 Å². The lowest BCUT2D eigenvalue weighted by Gasteiger charge is -2.33. The van der Waals surface area contributed by atoms with E-state index in [9.17, 15) is 14.7 Å². The molecule has 8 nitrogen and oxygen atoms in total. The van der Waals surface area contributed by atoms with Crippen molar-refractivity contribution in [2.24, 2.45) is 7.05 Å². The third-order valence-electron chi connectivity index (χ3n) is 6.85. The van der Waals surface area contributed by atoms with E-state index in [4.69, 9.17) is 0 Å². The summed E-state index contributed by atoms with van der Waals surface area (Å²) in [5, 5.41) is 18.3. The maximum absolute atomic E-state index is 13.1. The number of amides is 1. The fourth-order valence-electron chi connectivity index (χ4n) is 4.48. The van der Waals surface area contributed by atoms with E-state index in [0.717, 1.165) is 23.4 Å². The number of nitrogens with zero attached hydrogens (tertiary/aromatic N) is 5. The molecule has 2 atom stereocenters. The van der Waals surface area contributed by atoms with Crippen LogP contribution < -0.4 is 0 Å². The van der Waals surface area contributed by atoms with Gasteiger partial charge in [-0.3, -0.25) is 14.6 Å². The molecule has 34 heavy (non-hydrogen) atoms. The molecule has 1 unspecified atom stereocenters. The first-order valence-electron chi connectivity index (χ1n) is 11.6. The first kappa shape index (κ1) is 23.8. The first-order valence-corrected chi connectivity index (χ1v) is 11.6. The molecule has 0 bridgehead atoms. The molecular formula is C26H31N5O3. The van der Waals surface area contributed by atoms with Gasteiger partial charge in [0, 0.05) is 38.2 Å². The zero-order valence-corrected chi connectivity index (χ0v) is 20.1. The number of aryl methyl sites for hydroxylation is 1. The van der Waals surface area contributed by atoms with Crippen LogP contribution in [0.4, 0.5) is 0 Å². The van der Waals surface area contributed by atoms with Crippen molar-refractivity contribution in [3.8, 4) is 0 Å². The molecular weight excluding hydrogens is 430 g/mol. The van der Waals surface area contributed by atoms with Gasteiger partial charge in [0.25, 0.3) is 5.91 Å². The van der Waals surface area contributed by atoms with Gasteiger partial charge in [-0.1, -0.05) is 31.2 Å². The molecule has 0 aliphatic carbocycles. The van der Waals surface area contributed by atoms with Crippen molar-refractivity contribution < 1.29 is 14.7 Å². The van der Waals surface area contributed by atoms with Crippen LogP contribution in [0.25, 0.3) is 0 Å². The molecule has 1 aromatic carbocycles. The standard InChI is InChI=1S/C26H31N5O3/c1-17(12-24-29-28-16-30(24)4)19-7-5-6-18(13-19)14-22(32)21-15-20(8-10-27-21)25(34)31-11-9-23(33)26(31,2)3/h5-8,10,13,15-17,23,33H,9,11-12,14H2,1-4H3/t17-,23?/m1/s1. The molecule has 1 aliphatic rings. The Morgan fingerprint density at radius 3 is 2.71 bits per heavy atom. The Bertz CT molecular complexity index is 1200. The Morgan fingerprint density at radius 2 is 2.03 bits per heavy atom. The molecule has 0 spiro atoms. The summed E-state index contributed by atoms with van der Waals surface area (Å²) in [6, 6.07) is 11.2. The molecule has 1 aliphatic heterocycles. The van der Waals surface area contributed by atoms with Crippen LogP contribution in [0.15, 0.2) is 48.9 Å². The number of aliphatic hydroxyl groups is 1. The zero-order chi connectivity index (χ0) is 24.5. The lowest BCUT2D eigenvalue weighted by Crippen LogP contribution is -2.48. The minimum absolute atomic E-state index is 0.145. The number of aliphatic hydroxyl groups excluding tert-OH is 1. The summed E-state index contributed by atoms with van der Waals surface area (Å²) in [4.78, 5) is 32.0. The number of aromatic nitrogens is 4. The largest absolute Gasteiger partial charge is 0.391 e. The average Bonchev–Trinajstić information content (AvgIpc) is 3.34. The van der Waals surface area contributed by atoms with Crippen molar-refractivity contribution in [3.63, 3.8) is 0 Å². The van der Waals surface area contributed by atoms with Gasteiger partial charge in [0.05, 0.1) is 11.6 Å². The monoisotopic (exact) mass is 461 g/mol. The number of hydrogen-bond acceptors (Lipinski definition) is 6. The Balaban J connectivity index is 1.47. The van der Waals surface area contributed by atoms with Gasteiger partial charge in [0.2, 0.25) is 0 Å².